The number of hydrogen-bond acceptors (Lipinski definition) is 3. The second-order valence-electron chi connectivity index (χ2n) is 3.98. The zero-order chi connectivity index (χ0) is 12.3. The molecule has 1 aromatic carbocycles. The summed E-state index contributed by atoms with van der Waals surface area (Å²) < 4.78 is 10.4. The Morgan fingerprint density at radius 3 is 2.94 bits per heavy atom. The smallest absolute Gasteiger partial charge is 0.319 e. The first-order valence-corrected chi connectivity index (χ1v) is 5.66. The van der Waals surface area contributed by atoms with Gasteiger partial charge < -0.3 is 20.1 Å². The lowest BCUT2D eigenvalue weighted by atomic mass is 10.2. The number of nitrogens with one attached hydrogen (secondary N) is 2. The van der Waals surface area contributed by atoms with Crippen LogP contribution >= 0.6 is 0 Å². The molecule has 17 heavy (non-hydrogen) atoms. The molecule has 5 heteroatoms. The quantitative estimate of drug-likeness (QED) is 0.846. The number of carbonyl (C=O) groups excluding carboxylic acids is 1. The van der Waals surface area contributed by atoms with Crippen LogP contribution in [-0.2, 0) is 0 Å². The lowest BCUT2D eigenvalue weighted by Crippen LogP contribution is -2.35. The molecule has 2 rings (SSSR count). The standard InChI is InChI=1S/C12H16N2O3/c1-3-8(2)13-12(15)14-9-4-5-10-11(6-9)17-7-16-10/h4-6,8H,3,7H2,1-2H3,(H2,13,14,15). The Hall–Kier alpha value is -1.91. The van der Waals surface area contributed by atoms with Crippen molar-refractivity contribution in [3.8, 4) is 11.5 Å². The summed E-state index contributed by atoms with van der Waals surface area (Å²) in [5.41, 5.74) is 0.690. The van der Waals surface area contributed by atoms with Crippen LogP contribution in [-0.4, -0.2) is 18.9 Å². The first-order valence-electron chi connectivity index (χ1n) is 5.66. The topological polar surface area (TPSA) is 59.6 Å². The molecule has 5 nitrogen and oxygen atoms in total. The number of amides is 2. The van der Waals surface area contributed by atoms with Gasteiger partial charge in [0.25, 0.3) is 0 Å². The number of ether oxygens (including phenoxy) is 2. The molecule has 92 valence electrons. The highest BCUT2D eigenvalue weighted by Crippen LogP contribution is 2.34. The normalized spacial score (nSPS) is 14.2. The Morgan fingerprint density at radius 1 is 1.41 bits per heavy atom. The van der Waals surface area contributed by atoms with Crippen LogP contribution < -0.4 is 20.1 Å². The van der Waals surface area contributed by atoms with Crippen LogP contribution in [0.25, 0.3) is 0 Å². The van der Waals surface area contributed by atoms with Crippen LogP contribution in [0.2, 0.25) is 0 Å². The van der Waals surface area contributed by atoms with Crippen LogP contribution in [0.1, 0.15) is 20.3 Å². The fraction of sp³-hybridized carbons (Fsp3) is 0.417. The van der Waals surface area contributed by atoms with Crippen molar-refractivity contribution in [3.05, 3.63) is 18.2 Å². The van der Waals surface area contributed by atoms with E-state index in [0.717, 1.165) is 6.42 Å². The zero-order valence-electron chi connectivity index (χ0n) is 9.95. The van der Waals surface area contributed by atoms with E-state index < -0.39 is 0 Å². The average Bonchev–Trinajstić information content (AvgIpc) is 2.75. The molecule has 0 saturated heterocycles. The Kier molecular flexibility index (Phi) is 3.37. The Labute approximate surface area is 100 Å². The molecule has 2 N–H and O–H groups in total. The molecule has 1 aromatic rings. The van der Waals surface area contributed by atoms with Crippen LogP contribution in [0.15, 0.2) is 18.2 Å². The van der Waals surface area contributed by atoms with Crippen molar-refractivity contribution in [1.82, 2.24) is 5.32 Å². The lowest BCUT2D eigenvalue weighted by molar-refractivity contribution is 0.174. The maximum Gasteiger partial charge on any atom is 0.319 e. The molecule has 0 aliphatic carbocycles. The molecular formula is C12H16N2O3. The SMILES string of the molecule is CCC(C)NC(=O)Nc1ccc2c(c1)OCO2. The van der Waals surface area contributed by atoms with Crippen molar-refractivity contribution in [2.75, 3.05) is 12.1 Å². The monoisotopic (exact) mass is 236 g/mol. The minimum Gasteiger partial charge on any atom is -0.454 e. The third kappa shape index (κ3) is 2.81. The number of rotatable bonds is 3. The van der Waals surface area contributed by atoms with E-state index in [0.29, 0.717) is 17.2 Å². The third-order valence-electron chi connectivity index (χ3n) is 2.62. The minimum atomic E-state index is -0.210. The fourth-order valence-corrected chi connectivity index (χ4v) is 1.47. The number of urea groups is 1. The Bertz CT molecular complexity index is 420. The van der Waals surface area contributed by atoms with Gasteiger partial charge in [0.2, 0.25) is 6.79 Å². The van der Waals surface area contributed by atoms with Gasteiger partial charge >= 0.3 is 6.03 Å². The molecule has 0 fully saturated rings. The molecule has 1 unspecified atom stereocenters. The van der Waals surface area contributed by atoms with Gasteiger partial charge in [0.15, 0.2) is 11.5 Å². The summed E-state index contributed by atoms with van der Waals surface area (Å²) in [4.78, 5) is 11.6. The van der Waals surface area contributed by atoms with E-state index >= 15 is 0 Å². The van der Waals surface area contributed by atoms with Crippen LogP contribution in [0.3, 0.4) is 0 Å². The summed E-state index contributed by atoms with van der Waals surface area (Å²) in [6, 6.07) is 5.26. The molecule has 0 aromatic heterocycles. The predicted octanol–water partition coefficient (Wildman–Crippen LogP) is 2.34. The summed E-state index contributed by atoms with van der Waals surface area (Å²) >= 11 is 0. The Balaban J connectivity index is 1.97. The number of hydrogen-bond donors (Lipinski definition) is 2. The molecule has 1 atom stereocenters. The van der Waals surface area contributed by atoms with E-state index in [1.54, 1.807) is 18.2 Å². The molecule has 0 spiro atoms. The van der Waals surface area contributed by atoms with Crippen molar-refractivity contribution in [1.29, 1.82) is 0 Å². The predicted molar refractivity (Wildman–Crippen MR) is 64.5 cm³/mol. The molecule has 0 bridgehead atoms. The average molecular weight is 236 g/mol. The fourth-order valence-electron chi connectivity index (χ4n) is 1.47. The van der Waals surface area contributed by atoms with Crippen molar-refractivity contribution >= 4 is 11.7 Å². The molecule has 1 aliphatic rings. The number of fused-ring (bicyclic) bond motifs is 1. The second kappa shape index (κ2) is 4.95. The van der Waals surface area contributed by atoms with Gasteiger partial charge in [0, 0.05) is 17.8 Å². The second-order valence-corrected chi connectivity index (χ2v) is 3.98. The zero-order valence-corrected chi connectivity index (χ0v) is 9.95. The van der Waals surface area contributed by atoms with Gasteiger partial charge in [0.05, 0.1) is 0 Å². The minimum absolute atomic E-state index is 0.156. The maximum absolute atomic E-state index is 11.6. The van der Waals surface area contributed by atoms with Crippen molar-refractivity contribution in [3.63, 3.8) is 0 Å². The van der Waals surface area contributed by atoms with E-state index in [1.807, 2.05) is 13.8 Å². The van der Waals surface area contributed by atoms with Crippen LogP contribution in [0.4, 0.5) is 10.5 Å². The summed E-state index contributed by atoms with van der Waals surface area (Å²) in [6.07, 6.45) is 0.897. The summed E-state index contributed by atoms with van der Waals surface area (Å²) in [7, 11) is 0. The van der Waals surface area contributed by atoms with E-state index in [9.17, 15) is 4.79 Å². The highest BCUT2D eigenvalue weighted by atomic mass is 16.7. The number of carbonyl (C=O) groups is 1. The lowest BCUT2D eigenvalue weighted by Gasteiger charge is -2.12. The highest BCUT2D eigenvalue weighted by molar-refractivity contribution is 5.89. The summed E-state index contributed by atoms with van der Waals surface area (Å²) in [5.74, 6) is 1.37. The van der Waals surface area contributed by atoms with Crippen LogP contribution in [0, 0.1) is 0 Å². The van der Waals surface area contributed by atoms with Crippen molar-refractivity contribution in [2.45, 2.75) is 26.3 Å². The Morgan fingerprint density at radius 2 is 2.18 bits per heavy atom. The molecule has 1 aliphatic heterocycles. The van der Waals surface area contributed by atoms with E-state index in [-0.39, 0.29) is 18.9 Å². The van der Waals surface area contributed by atoms with Gasteiger partial charge in [-0.25, -0.2) is 4.79 Å². The summed E-state index contributed by atoms with van der Waals surface area (Å²) in [5, 5.41) is 5.57. The highest BCUT2D eigenvalue weighted by Gasteiger charge is 2.14. The molecule has 0 saturated carbocycles. The first-order chi connectivity index (χ1) is 8.19. The maximum atomic E-state index is 11.6. The van der Waals surface area contributed by atoms with Gasteiger partial charge in [-0.15, -0.1) is 0 Å². The first kappa shape index (κ1) is 11.6. The van der Waals surface area contributed by atoms with Crippen molar-refractivity contribution < 1.29 is 14.3 Å². The number of anilines is 1. The van der Waals surface area contributed by atoms with E-state index in [1.165, 1.54) is 0 Å². The molecule has 1 heterocycles. The largest absolute Gasteiger partial charge is 0.454 e. The number of benzene rings is 1. The van der Waals surface area contributed by atoms with Gasteiger partial charge in [0.1, 0.15) is 0 Å². The van der Waals surface area contributed by atoms with Gasteiger partial charge in [-0.3, -0.25) is 0 Å². The molecular weight excluding hydrogens is 220 g/mol. The van der Waals surface area contributed by atoms with E-state index in [4.69, 9.17) is 9.47 Å². The third-order valence-corrected chi connectivity index (χ3v) is 2.62. The van der Waals surface area contributed by atoms with E-state index in [2.05, 4.69) is 10.6 Å². The van der Waals surface area contributed by atoms with Gasteiger partial charge in [-0.1, -0.05) is 6.92 Å². The molecule has 0 radical (unpaired) electrons. The van der Waals surface area contributed by atoms with Crippen molar-refractivity contribution in [2.24, 2.45) is 0 Å². The summed E-state index contributed by atoms with van der Waals surface area (Å²) in [6.45, 7) is 4.21. The molecule has 2 amide bonds. The van der Waals surface area contributed by atoms with Gasteiger partial charge in [-0.05, 0) is 25.5 Å². The van der Waals surface area contributed by atoms with Crippen LogP contribution in [0.5, 0.6) is 11.5 Å². The van der Waals surface area contributed by atoms with Gasteiger partial charge in [-0.2, -0.15) is 0 Å².